The highest BCUT2D eigenvalue weighted by Crippen LogP contribution is 2.21. The summed E-state index contributed by atoms with van der Waals surface area (Å²) in [5.74, 6) is 1.06. The Morgan fingerprint density at radius 3 is 2.18 bits per heavy atom. The van der Waals surface area contributed by atoms with Crippen molar-refractivity contribution in [2.24, 2.45) is 5.10 Å². The molecule has 0 fully saturated rings. The maximum atomic E-state index is 11.9. The first-order valence-corrected chi connectivity index (χ1v) is 6.75. The lowest BCUT2D eigenvalue weighted by atomic mass is 10.1. The van der Waals surface area contributed by atoms with Crippen molar-refractivity contribution in [1.82, 2.24) is 5.43 Å². The van der Waals surface area contributed by atoms with E-state index in [9.17, 15) is 4.79 Å². The lowest BCUT2D eigenvalue weighted by Gasteiger charge is -2.05. The number of hydrazone groups is 1. The minimum absolute atomic E-state index is 0.258. The topological polar surface area (TPSA) is 59.9 Å². The van der Waals surface area contributed by atoms with Crippen molar-refractivity contribution < 1.29 is 14.3 Å². The lowest BCUT2D eigenvalue weighted by Crippen LogP contribution is -2.17. The van der Waals surface area contributed by atoms with E-state index in [4.69, 9.17) is 9.47 Å². The second-order valence-electron chi connectivity index (χ2n) is 4.71. The Kier molecular flexibility index (Phi) is 5.14. The molecule has 0 atom stereocenters. The normalized spacial score (nSPS) is 10.5. The van der Waals surface area contributed by atoms with Crippen molar-refractivity contribution in [1.29, 1.82) is 0 Å². The van der Waals surface area contributed by atoms with Crippen molar-refractivity contribution >= 4 is 12.1 Å². The third kappa shape index (κ3) is 4.09. The summed E-state index contributed by atoms with van der Waals surface area (Å²) in [5.41, 5.74) is 4.92. The van der Waals surface area contributed by atoms with Crippen molar-refractivity contribution in [2.75, 3.05) is 14.2 Å². The molecule has 5 nitrogen and oxygen atoms in total. The van der Waals surface area contributed by atoms with Crippen LogP contribution in [0.1, 0.15) is 21.5 Å². The Bertz CT molecular complexity index is 657. The van der Waals surface area contributed by atoms with Gasteiger partial charge in [-0.05, 0) is 31.2 Å². The van der Waals surface area contributed by atoms with Gasteiger partial charge in [0.15, 0.2) is 0 Å². The molecule has 2 aromatic carbocycles. The van der Waals surface area contributed by atoms with Gasteiger partial charge in [-0.3, -0.25) is 4.79 Å². The van der Waals surface area contributed by atoms with Crippen LogP contribution < -0.4 is 14.9 Å². The summed E-state index contributed by atoms with van der Waals surface area (Å²) in [6, 6.07) is 12.6. The Hall–Kier alpha value is -2.82. The number of rotatable bonds is 5. The molecule has 2 rings (SSSR count). The van der Waals surface area contributed by atoms with E-state index < -0.39 is 0 Å². The molecule has 22 heavy (non-hydrogen) atoms. The van der Waals surface area contributed by atoms with Crippen LogP contribution in [-0.4, -0.2) is 26.3 Å². The number of carbonyl (C=O) groups is 1. The summed E-state index contributed by atoms with van der Waals surface area (Å²) in [5, 5.41) is 3.96. The summed E-state index contributed by atoms with van der Waals surface area (Å²) in [6.07, 6.45) is 1.54. The molecule has 2 aromatic rings. The van der Waals surface area contributed by atoms with Crippen molar-refractivity contribution in [3.05, 3.63) is 59.2 Å². The van der Waals surface area contributed by atoms with Crippen LogP contribution in [0.3, 0.4) is 0 Å². The van der Waals surface area contributed by atoms with Gasteiger partial charge in [-0.1, -0.05) is 17.7 Å². The first kappa shape index (κ1) is 15.6. The fourth-order valence-corrected chi connectivity index (χ4v) is 1.84. The van der Waals surface area contributed by atoms with Crippen LogP contribution in [0.25, 0.3) is 0 Å². The first-order valence-electron chi connectivity index (χ1n) is 6.75. The van der Waals surface area contributed by atoms with E-state index in [2.05, 4.69) is 10.5 Å². The second-order valence-corrected chi connectivity index (χ2v) is 4.71. The number of amides is 1. The number of nitrogens with zero attached hydrogens (tertiary/aromatic N) is 1. The number of methoxy groups -OCH3 is 2. The highest BCUT2D eigenvalue weighted by atomic mass is 16.5. The molecule has 0 spiro atoms. The van der Waals surface area contributed by atoms with Crippen LogP contribution in [0.4, 0.5) is 0 Å². The van der Waals surface area contributed by atoms with Gasteiger partial charge in [0.25, 0.3) is 5.91 Å². The zero-order valence-electron chi connectivity index (χ0n) is 12.8. The molecule has 0 saturated heterocycles. The molecule has 1 amide bonds. The van der Waals surface area contributed by atoms with E-state index in [1.165, 1.54) is 6.21 Å². The smallest absolute Gasteiger partial charge is 0.271 e. The van der Waals surface area contributed by atoms with Gasteiger partial charge in [-0.15, -0.1) is 0 Å². The molecule has 0 heterocycles. The van der Waals surface area contributed by atoms with Crippen LogP contribution in [0.2, 0.25) is 0 Å². The average molecular weight is 298 g/mol. The highest BCUT2D eigenvalue weighted by molar-refractivity contribution is 5.94. The molecule has 0 aliphatic rings. The molecule has 0 aliphatic heterocycles. The van der Waals surface area contributed by atoms with E-state index in [-0.39, 0.29) is 5.91 Å². The van der Waals surface area contributed by atoms with Crippen molar-refractivity contribution in [3.63, 3.8) is 0 Å². The molecular formula is C17H18N2O3. The van der Waals surface area contributed by atoms with E-state index >= 15 is 0 Å². The second kappa shape index (κ2) is 7.26. The van der Waals surface area contributed by atoms with E-state index in [0.717, 1.165) is 11.1 Å². The summed E-state index contributed by atoms with van der Waals surface area (Å²) >= 11 is 0. The minimum Gasteiger partial charge on any atom is -0.497 e. The van der Waals surface area contributed by atoms with E-state index in [0.29, 0.717) is 17.1 Å². The van der Waals surface area contributed by atoms with Gasteiger partial charge in [0, 0.05) is 17.2 Å². The summed E-state index contributed by atoms with van der Waals surface area (Å²) in [7, 11) is 3.16. The zero-order valence-corrected chi connectivity index (χ0v) is 12.8. The Balaban J connectivity index is 2.05. The third-order valence-electron chi connectivity index (χ3n) is 3.07. The predicted octanol–water partition coefficient (Wildman–Crippen LogP) is 2.78. The molecule has 0 saturated carbocycles. The quantitative estimate of drug-likeness (QED) is 0.682. The van der Waals surface area contributed by atoms with Gasteiger partial charge in [0.05, 0.1) is 20.4 Å². The first-order chi connectivity index (χ1) is 10.6. The standard InChI is InChI=1S/C17H18N2O3/c1-12-4-6-14(7-5-12)17(20)19-18-11-13-8-15(21-2)10-16(9-13)22-3/h4-11H,1-3H3,(H,19,20)/b18-11+. The van der Waals surface area contributed by atoms with Crippen LogP contribution in [0.5, 0.6) is 11.5 Å². The van der Waals surface area contributed by atoms with E-state index in [1.807, 2.05) is 19.1 Å². The molecule has 0 aromatic heterocycles. The maximum Gasteiger partial charge on any atom is 0.271 e. The van der Waals surface area contributed by atoms with Crippen LogP contribution in [0, 0.1) is 6.92 Å². The van der Waals surface area contributed by atoms with Gasteiger partial charge in [-0.2, -0.15) is 5.10 Å². The summed E-state index contributed by atoms with van der Waals surface area (Å²) in [6.45, 7) is 1.97. The summed E-state index contributed by atoms with van der Waals surface area (Å²) in [4.78, 5) is 11.9. The molecule has 0 aliphatic carbocycles. The fraction of sp³-hybridized carbons (Fsp3) is 0.176. The monoisotopic (exact) mass is 298 g/mol. The molecule has 0 unspecified atom stereocenters. The van der Waals surface area contributed by atoms with Gasteiger partial charge >= 0.3 is 0 Å². The molecule has 1 N–H and O–H groups in total. The number of nitrogens with one attached hydrogen (secondary N) is 1. The van der Waals surface area contributed by atoms with Gasteiger partial charge in [0.2, 0.25) is 0 Å². The minimum atomic E-state index is -0.258. The number of hydrogen-bond donors (Lipinski definition) is 1. The number of hydrogen-bond acceptors (Lipinski definition) is 4. The van der Waals surface area contributed by atoms with Crippen LogP contribution in [-0.2, 0) is 0 Å². The summed E-state index contributed by atoms with van der Waals surface area (Å²) < 4.78 is 10.4. The SMILES string of the molecule is COc1cc(/C=N/NC(=O)c2ccc(C)cc2)cc(OC)c1. The van der Waals surface area contributed by atoms with Gasteiger partial charge in [-0.25, -0.2) is 5.43 Å². The zero-order chi connectivity index (χ0) is 15.9. The Morgan fingerprint density at radius 1 is 1.05 bits per heavy atom. The molecule has 114 valence electrons. The Morgan fingerprint density at radius 2 is 1.64 bits per heavy atom. The number of carbonyl (C=O) groups excluding carboxylic acids is 1. The number of ether oxygens (including phenoxy) is 2. The van der Waals surface area contributed by atoms with E-state index in [1.54, 1.807) is 44.6 Å². The van der Waals surface area contributed by atoms with Gasteiger partial charge in [0.1, 0.15) is 11.5 Å². The highest BCUT2D eigenvalue weighted by Gasteiger charge is 2.03. The predicted molar refractivity (Wildman–Crippen MR) is 85.8 cm³/mol. The van der Waals surface area contributed by atoms with Crippen molar-refractivity contribution in [3.8, 4) is 11.5 Å². The molecular weight excluding hydrogens is 280 g/mol. The third-order valence-corrected chi connectivity index (χ3v) is 3.07. The largest absolute Gasteiger partial charge is 0.497 e. The number of benzene rings is 2. The lowest BCUT2D eigenvalue weighted by molar-refractivity contribution is 0.0955. The van der Waals surface area contributed by atoms with Crippen LogP contribution >= 0.6 is 0 Å². The van der Waals surface area contributed by atoms with Crippen LogP contribution in [0.15, 0.2) is 47.6 Å². The maximum absolute atomic E-state index is 11.9. The number of aryl methyl sites for hydroxylation is 1. The van der Waals surface area contributed by atoms with Crippen molar-refractivity contribution in [2.45, 2.75) is 6.92 Å². The van der Waals surface area contributed by atoms with Gasteiger partial charge < -0.3 is 9.47 Å². The molecule has 0 radical (unpaired) electrons. The fourth-order valence-electron chi connectivity index (χ4n) is 1.84. The molecule has 0 bridgehead atoms. The average Bonchev–Trinajstić information content (AvgIpc) is 2.55. The molecule has 5 heteroatoms. The Labute approximate surface area is 129 Å².